The first-order valence-corrected chi connectivity index (χ1v) is 7.85. The Morgan fingerprint density at radius 1 is 1.29 bits per heavy atom. The van der Waals surface area contributed by atoms with Gasteiger partial charge >= 0.3 is 6.18 Å². The Morgan fingerprint density at radius 2 is 2.04 bits per heavy atom. The van der Waals surface area contributed by atoms with Gasteiger partial charge in [0.2, 0.25) is 0 Å². The summed E-state index contributed by atoms with van der Waals surface area (Å²) >= 11 is 0. The third-order valence-corrected chi connectivity index (χ3v) is 4.48. The van der Waals surface area contributed by atoms with E-state index in [1.807, 2.05) is 12.1 Å². The molecule has 0 amide bonds. The Kier molecular flexibility index (Phi) is 4.86. The van der Waals surface area contributed by atoms with Crippen LogP contribution in [0.3, 0.4) is 0 Å². The molecule has 3 rings (SSSR count). The van der Waals surface area contributed by atoms with Crippen LogP contribution < -0.4 is 0 Å². The molecule has 1 fully saturated rings. The third-order valence-electron chi connectivity index (χ3n) is 4.48. The molecule has 130 valence electrons. The number of H-pyrrole nitrogens is 1. The molecule has 0 aliphatic carbocycles. The zero-order chi connectivity index (χ0) is 17.2. The molecule has 1 unspecified atom stereocenters. The lowest BCUT2D eigenvalue weighted by molar-refractivity contribution is -0.223. The predicted octanol–water partition coefficient (Wildman–Crippen LogP) is 2.61. The van der Waals surface area contributed by atoms with Crippen molar-refractivity contribution in [2.24, 2.45) is 5.92 Å². The zero-order valence-corrected chi connectivity index (χ0v) is 13.0. The molecule has 1 aliphatic heterocycles. The highest BCUT2D eigenvalue weighted by molar-refractivity contribution is 5.61. The SMILES string of the molecule is OC(C1CCN(Cc2cn[nH]c2-c2cccnc2)CC1)C(F)(F)F. The molecule has 3 heterocycles. The number of rotatable bonds is 4. The topological polar surface area (TPSA) is 65.0 Å². The Balaban J connectivity index is 1.61. The van der Waals surface area contributed by atoms with Gasteiger partial charge in [-0.05, 0) is 44.0 Å². The number of aliphatic hydroxyl groups excluding tert-OH is 1. The summed E-state index contributed by atoms with van der Waals surface area (Å²) in [7, 11) is 0. The Morgan fingerprint density at radius 3 is 2.67 bits per heavy atom. The molecule has 1 aliphatic rings. The molecule has 0 bridgehead atoms. The van der Waals surface area contributed by atoms with Crippen LogP contribution in [0.1, 0.15) is 18.4 Å². The van der Waals surface area contributed by atoms with Gasteiger partial charge in [-0.1, -0.05) is 0 Å². The summed E-state index contributed by atoms with van der Waals surface area (Å²) in [4.78, 5) is 6.17. The van der Waals surface area contributed by atoms with Crippen molar-refractivity contribution in [3.05, 3.63) is 36.3 Å². The van der Waals surface area contributed by atoms with Crippen molar-refractivity contribution >= 4 is 0 Å². The number of nitrogens with one attached hydrogen (secondary N) is 1. The normalized spacial score (nSPS) is 18.7. The number of halogens is 3. The fraction of sp³-hybridized carbons (Fsp3) is 0.500. The van der Waals surface area contributed by atoms with Crippen LogP contribution >= 0.6 is 0 Å². The van der Waals surface area contributed by atoms with Gasteiger partial charge in [0.15, 0.2) is 6.10 Å². The van der Waals surface area contributed by atoms with E-state index in [2.05, 4.69) is 20.1 Å². The lowest BCUT2D eigenvalue weighted by atomic mass is 9.90. The second-order valence-corrected chi connectivity index (χ2v) is 6.11. The van der Waals surface area contributed by atoms with Gasteiger partial charge in [0.05, 0.1) is 11.9 Å². The summed E-state index contributed by atoms with van der Waals surface area (Å²) in [5.74, 6) is -0.719. The molecule has 2 N–H and O–H groups in total. The first kappa shape index (κ1) is 16.9. The van der Waals surface area contributed by atoms with Crippen LogP contribution in [0.5, 0.6) is 0 Å². The van der Waals surface area contributed by atoms with Gasteiger partial charge in [0.1, 0.15) is 0 Å². The molecule has 2 aromatic rings. The number of likely N-dealkylation sites (tertiary alicyclic amines) is 1. The smallest absolute Gasteiger partial charge is 0.383 e. The van der Waals surface area contributed by atoms with Gasteiger partial charge in [-0.15, -0.1) is 0 Å². The minimum absolute atomic E-state index is 0.334. The highest BCUT2D eigenvalue weighted by Gasteiger charge is 2.44. The predicted molar refractivity (Wildman–Crippen MR) is 81.9 cm³/mol. The maximum atomic E-state index is 12.6. The van der Waals surface area contributed by atoms with E-state index in [9.17, 15) is 18.3 Å². The number of alkyl halides is 3. The van der Waals surface area contributed by atoms with E-state index >= 15 is 0 Å². The van der Waals surface area contributed by atoms with Crippen molar-refractivity contribution in [3.8, 4) is 11.3 Å². The number of aromatic nitrogens is 3. The molecule has 24 heavy (non-hydrogen) atoms. The van der Waals surface area contributed by atoms with Crippen LogP contribution in [-0.2, 0) is 6.54 Å². The second-order valence-electron chi connectivity index (χ2n) is 6.11. The van der Waals surface area contributed by atoms with E-state index in [1.54, 1.807) is 18.6 Å². The van der Waals surface area contributed by atoms with Gasteiger partial charge < -0.3 is 5.11 Å². The number of hydrogen-bond acceptors (Lipinski definition) is 4. The highest BCUT2D eigenvalue weighted by Crippen LogP contribution is 2.32. The number of pyridine rings is 1. The molecule has 5 nitrogen and oxygen atoms in total. The molecule has 1 saturated heterocycles. The summed E-state index contributed by atoms with van der Waals surface area (Å²) < 4.78 is 37.8. The summed E-state index contributed by atoms with van der Waals surface area (Å²) in [5.41, 5.74) is 2.78. The standard InChI is InChI=1S/C16H19F3N4O/c17-16(18,19)15(24)11-3-6-23(7-4-11)10-13-9-21-22-14(13)12-2-1-5-20-8-12/h1-2,5,8-9,11,15,24H,3-4,6-7,10H2,(H,21,22). The van der Waals surface area contributed by atoms with Crippen LogP contribution in [-0.4, -0.2) is 50.6 Å². The van der Waals surface area contributed by atoms with E-state index in [-0.39, 0.29) is 0 Å². The summed E-state index contributed by atoms with van der Waals surface area (Å²) in [6, 6.07) is 3.76. The van der Waals surface area contributed by atoms with Gasteiger partial charge in [0, 0.05) is 30.1 Å². The average Bonchev–Trinajstić information content (AvgIpc) is 3.03. The molecule has 0 aromatic carbocycles. The number of aromatic amines is 1. The van der Waals surface area contributed by atoms with E-state index in [0.717, 1.165) is 16.8 Å². The van der Waals surface area contributed by atoms with Crippen LogP contribution in [0.25, 0.3) is 11.3 Å². The van der Waals surface area contributed by atoms with Crippen molar-refractivity contribution in [1.29, 1.82) is 0 Å². The van der Waals surface area contributed by atoms with Gasteiger partial charge in [0.25, 0.3) is 0 Å². The summed E-state index contributed by atoms with van der Waals surface area (Å²) in [5, 5.41) is 16.4. The fourth-order valence-electron chi connectivity index (χ4n) is 3.13. The molecule has 0 spiro atoms. The average molecular weight is 340 g/mol. The van der Waals surface area contributed by atoms with E-state index < -0.39 is 18.2 Å². The minimum Gasteiger partial charge on any atom is -0.383 e. The summed E-state index contributed by atoms with van der Waals surface area (Å²) in [6.07, 6.45) is -0.926. The number of nitrogens with zero attached hydrogens (tertiary/aromatic N) is 3. The Hall–Kier alpha value is -1.93. The molecule has 0 saturated carbocycles. The van der Waals surface area contributed by atoms with Crippen molar-refractivity contribution in [2.45, 2.75) is 31.7 Å². The lowest BCUT2D eigenvalue weighted by Crippen LogP contribution is -2.43. The first-order valence-electron chi connectivity index (χ1n) is 7.85. The first-order chi connectivity index (χ1) is 11.4. The number of piperidine rings is 1. The van der Waals surface area contributed by atoms with Crippen molar-refractivity contribution in [1.82, 2.24) is 20.1 Å². The highest BCUT2D eigenvalue weighted by atomic mass is 19.4. The van der Waals surface area contributed by atoms with E-state index in [4.69, 9.17) is 0 Å². The summed E-state index contributed by atoms with van der Waals surface area (Å²) in [6.45, 7) is 1.65. The molecule has 1 atom stereocenters. The van der Waals surface area contributed by atoms with Gasteiger partial charge in [-0.2, -0.15) is 18.3 Å². The molecule has 8 heteroatoms. The molecular weight excluding hydrogens is 321 g/mol. The Labute approximate surface area is 137 Å². The number of hydrogen-bond donors (Lipinski definition) is 2. The van der Waals surface area contributed by atoms with E-state index in [1.165, 1.54) is 0 Å². The third kappa shape index (κ3) is 3.76. The zero-order valence-electron chi connectivity index (χ0n) is 13.0. The quantitative estimate of drug-likeness (QED) is 0.898. The lowest BCUT2D eigenvalue weighted by Gasteiger charge is -2.34. The van der Waals surface area contributed by atoms with Crippen LogP contribution in [0.15, 0.2) is 30.7 Å². The van der Waals surface area contributed by atoms with Gasteiger partial charge in [-0.3, -0.25) is 15.0 Å². The van der Waals surface area contributed by atoms with Crippen LogP contribution in [0.2, 0.25) is 0 Å². The van der Waals surface area contributed by atoms with Crippen molar-refractivity contribution in [2.75, 3.05) is 13.1 Å². The maximum Gasteiger partial charge on any atom is 0.414 e. The maximum absolute atomic E-state index is 12.6. The van der Waals surface area contributed by atoms with Gasteiger partial charge in [-0.25, -0.2) is 0 Å². The van der Waals surface area contributed by atoms with E-state index in [0.29, 0.717) is 32.5 Å². The molecule has 2 aromatic heterocycles. The van der Waals surface area contributed by atoms with Crippen molar-refractivity contribution in [3.63, 3.8) is 0 Å². The van der Waals surface area contributed by atoms with Crippen molar-refractivity contribution < 1.29 is 18.3 Å². The fourth-order valence-corrected chi connectivity index (χ4v) is 3.13. The minimum atomic E-state index is -4.54. The Bertz CT molecular complexity index is 651. The molecular formula is C16H19F3N4O. The van der Waals surface area contributed by atoms with Crippen LogP contribution in [0.4, 0.5) is 13.2 Å². The monoisotopic (exact) mass is 340 g/mol. The number of aliphatic hydroxyl groups is 1. The second kappa shape index (κ2) is 6.90. The van der Waals surface area contributed by atoms with Crippen LogP contribution in [0, 0.1) is 5.92 Å². The molecule has 0 radical (unpaired) electrons. The largest absolute Gasteiger partial charge is 0.414 e.